The fourth-order valence-corrected chi connectivity index (χ4v) is 1.90. The highest BCUT2D eigenvalue weighted by molar-refractivity contribution is 6.29. The number of rotatable bonds is 3. The van der Waals surface area contributed by atoms with Crippen LogP contribution in [0, 0.1) is 6.92 Å². The number of anilines is 2. The van der Waals surface area contributed by atoms with Gasteiger partial charge in [0.05, 0.1) is 5.71 Å². The van der Waals surface area contributed by atoms with Crippen molar-refractivity contribution < 1.29 is 0 Å². The van der Waals surface area contributed by atoms with Gasteiger partial charge in [-0.1, -0.05) is 23.2 Å². The van der Waals surface area contributed by atoms with Gasteiger partial charge >= 0.3 is 0 Å². The van der Waals surface area contributed by atoms with Crippen LogP contribution in [-0.2, 0) is 0 Å². The summed E-state index contributed by atoms with van der Waals surface area (Å²) in [7, 11) is 1.80. The molecular weight excluding hydrogens is 274 g/mol. The topological polar surface area (TPSA) is 67.4 Å². The number of aryl methyl sites for hydroxylation is 1. The fraction of sp³-hybridized carbons (Fsp3) is 0.214. The fourth-order valence-electron chi connectivity index (χ4n) is 1.80. The van der Waals surface area contributed by atoms with E-state index in [1.807, 2.05) is 32.0 Å². The predicted molar refractivity (Wildman–Crippen MR) is 83.2 cm³/mol. The zero-order valence-electron chi connectivity index (χ0n) is 11.6. The molecule has 1 heterocycles. The quantitative estimate of drug-likeness (QED) is 0.536. The summed E-state index contributed by atoms with van der Waals surface area (Å²) < 4.78 is 0. The highest BCUT2D eigenvalue weighted by Gasteiger charge is 2.07. The molecule has 0 bridgehead atoms. The Balaban J connectivity index is 2.29. The summed E-state index contributed by atoms with van der Waals surface area (Å²) in [5.41, 5.74) is 9.54. The summed E-state index contributed by atoms with van der Waals surface area (Å²) in [5.74, 6) is 0.611. The Labute approximate surface area is 123 Å². The van der Waals surface area contributed by atoms with Gasteiger partial charge in [0.15, 0.2) is 11.0 Å². The van der Waals surface area contributed by atoms with E-state index in [1.165, 1.54) is 0 Å². The van der Waals surface area contributed by atoms with E-state index in [1.54, 1.807) is 24.2 Å². The van der Waals surface area contributed by atoms with E-state index in [9.17, 15) is 0 Å². The van der Waals surface area contributed by atoms with Crippen molar-refractivity contribution in [3.05, 3.63) is 46.6 Å². The normalized spacial score (nSPS) is 11.5. The van der Waals surface area contributed by atoms with Gasteiger partial charge in [-0.05, 0) is 38.1 Å². The van der Waals surface area contributed by atoms with Crippen LogP contribution in [0.1, 0.15) is 18.1 Å². The van der Waals surface area contributed by atoms with Crippen molar-refractivity contribution >= 4 is 28.8 Å². The van der Waals surface area contributed by atoms with Crippen molar-refractivity contribution in [3.8, 4) is 0 Å². The summed E-state index contributed by atoms with van der Waals surface area (Å²) in [6.45, 7) is 3.93. The zero-order valence-corrected chi connectivity index (χ0v) is 12.4. The lowest BCUT2D eigenvalue weighted by atomic mass is 10.1. The van der Waals surface area contributed by atoms with E-state index >= 15 is 0 Å². The van der Waals surface area contributed by atoms with E-state index in [4.69, 9.17) is 17.3 Å². The van der Waals surface area contributed by atoms with Gasteiger partial charge in [-0.15, -0.1) is 10.2 Å². The molecular formula is C14H16ClN5. The summed E-state index contributed by atoms with van der Waals surface area (Å²) in [6.07, 6.45) is 0. The molecule has 0 spiro atoms. The van der Waals surface area contributed by atoms with E-state index in [0.717, 1.165) is 16.8 Å². The lowest BCUT2D eigenvalue weighted by Crippen LogP contribution is -2.15. The standard InChI is InChI=1S/C14H16ClN5/c1-9-4-5-12(16)11(8-9)10(2)19-20(3)14-7-6-13(15)17-18-14/h4-8H,16H2,1-3H3/b19-10+. The van der Waals surface area contributed by atoms with Gasteiger partial charge < -0.3 is 5.73 Å². The molecule has 6 heteroatoms. The molecule has 1 aromatic heterocycles. The summed E-state index contributed by atoms with van der Waals surface area (Å²) in [4.78, 5) is 0. The molecule has 0 saturated carbocycles. The number of aromatic nitrogens is 2. The number of halogens is 1. The minimum absolute atomic E-state index is 0.353. The predicted octanol–water partition coefficient (Wildman–Crippen LogP) is 2.88. The van der Waals surface area contributed by atoms with Crippen molar-refractivity contribution in [3.63, 3.8) is 0 Å². The molecule has 0 unspecified atom stereocenters. The molecule has 104 valence electrons. The minimum atomic E-state index is 0.353. The maximum atomic E-state index is 5.98. The van der Waals surface area contributed by atoms with Crippen LogP contribution in [-0.4, -0.2) is 23.0 Å². The number of hydrazone groups is 1. The Morgan fingerprint density at radius 3 is 2.65 bits per heavy atom. The largest absolute Gasteiger partial charge is 0.398 e. The van der Waals surface area contributed by atoms with E-state index in [-0.39, 0.29) is 0 Å². The van der Waals surface area contributed by atoms with Gasteiger partial charge in [0.2, 0.25) is 0 Å². The smallest absolute Gasteiger partial charge is 0.171 e. The second-order valence-corrected chi connectivity index (χ2v) is 4.90. The average molecular weight is 290 g/mol. The number of nitrogens with two attached hydrogens (primary N) is 1. The Bertz CT molecular complexity index is 637. The maximum Gasteiger partial charge on any atom is 0.171 e. The Morgan fingerprint density at radius 1 is 1.25 bits per heavy atom. The van der Waals surface area contributed by atoms with Crippen molar-refractivity contribution in [1.82, 2.24) is 10.2 Å². The SMILES string of the molecule is C/C(=N\N(C)c1ccc(Cl)nn1)c1cc(C)ccc1N. The molecule has 20 heavy (non-hydrogen) atoms. The molecule has 1 aromatic carbocycles. The van der Waals surface area contributed by atoms with Crippen molar-refractivity contribution in [2.45, 2.75) is 13.8 Å². The summed E-state index contributed by atoms with van der Waals surface area (Å²) in [6, 6.07) is 9.29. The number of benzene rings is 1. The van der Waals surface area contributed by atoms with Gasteiger partial charge in [0.1, 0.15) is 0 Å². The molecule has 5 nitrogen and oxygen atoms in total. The van der Waals surface area contributed by atoms with E-state index in [0.29, 0.717) is 16.7 Å². The molecule has 0 saturated heterocycles. The molecule has 0 radical (unpaired) electrons. The molecule has 0 fully saturated rings. The first-order valence-electron chi connectivity index (χ1n) is 6.12. The second kappa shape index (κ2) is 5.88. The van der Waals surface area contributed by atoms with E-state index in [2.05, 4.69) is 15.3 Å². The molecule has 0 atom stereocenters. The molecule has 0 amide bonds. The van der Waals surface area contributed by atoms with Crippen LogP contribution < -0.4 is 10.7 Å². The molecule has 0 aliphatic heterocycles. The van der Waals surface area contributed by atoms with Gasteiger partial charge in [0, 0.05) is 18.3 Å². The van der Waals surface area contributed by atoms with Crippen molar-refractivity contribution in [1.29, 1.82) is 0 Å². The van der Waals surface area contributed by atoms with Gasteiger partial charge in [-0.3, -0.25) is 0 Å². The van der Waals surface area contributed by atoms with Crippen LogP contribution in [0.25, 0.3) is 0 Å². The van der Waals surface area contributed by atoms with Gasteiger partial charge in [-0.2, -0.15) is 5.10 Å². The highest BCUT2D eigenvalue weighted by Crippen LogP contribution is 2.17. The van der Waals surface area contributed by atoms with Crippen molar-refractivity contribution in [2.24, 2.45) is 5.10 Å². The van der Waals surface area contributed by atoms with E-state index < -0.39 is 0 Å². The highest BCUT2D eigenvalue weighted by atomic mass is 35.5. The Kier molecular flexibility index (Phi) is 4.20. The molecule has 2 N–H and O–H groups in total. The first-order chi connectivity index (χ1) is 9.47. The van der Waals surface area contributed by atoms with Crippen LogP contribution in [0.2, 0.25) is 5.15 Å². The summed E-state index contributed by atoms with van der Waals surface area (Å²) >= 11 is 5.71. The third-order valence-corrected chi connectivity index (χ3v) is 3.05. The molecule has 0 aliphatic carbocycles. The molecule has 0 aliphatic rings. The second-order valence-electron chi connectivity index (χ2n) is 4.51. The van der Waals surface area contributed by atoms with Crippen LogP contribution in [0.3, 0.4) is 0 Å². The molecule has 2 aromatic rings. The maximum absolute atomic E-state index is 5.98. The average Bonchev–Trinajstić information content (AvgIpc) is 2.42. The third-order valence-electron chi connectivity index (χ3n) is 2.85. The number of hydrogen-bond donors (Lipinski definition) is 1. The number of nitrogens with zero attached hydrogens (tertiary/aromatic N) is 4. The number of nitrogen functional groups attached to an aromatic ring is 1. The third kappa shape index (κ3) is 3.24. The number of hydrogen-bond acceptors (Lipinski definition) is 5. The minimum Gasteiger partial charge on any atom is -0.398 e. The lowest BCUT2D eigenvalue weighted by Gasteiger charge is -2.14. The Hall–Kier alpha value is -2.14. The zero-order chi connectivity index (χ0) is 14.7. The van der Waals surface area contributed by atoms with Gasteiger partial charge in [-0.25, -0.2) is 5.01 Å². The molecule has 2 rings (SSSR count). The Morgan fingerprint density at radius 2 is 2.00 bits per heavy atom. The van der Waals surface area contributed by atoms with Crippen LogP contribution >= 0.6 is 11.6 Å². The van der Waals surface area contributed by atoms with Crippen LogP contribution in [0.4, 0.5) is 11.5 Å². The van der Waals surface area contributed by atoms with Crippen LogP contribution in [0.15, 0.2) is 35.4 Å². The first kappa shape index (κ1) is 14.3. The van der Waals surface area contributed by atoms with Crippen molar-refractivity contribution in [2.75, 3.05) is 17.8 Å². The lowest BCUT2D eigenvalue weighted by molar-refractivity contribution is 0.918. The van der Waals surface area contributed by atoms with Gasteiger partial charge in [0.25, 0.3) is 0 Å². The summed E-state index contributed by atoms with van der Waals surface area (Å²) in [5, 5.41) is 14.2. The van der Waals surface area contributed by atoms with Crippen LogP contribution in [0.5, 0.6) is 0 Å². The monoisotopic (exact) mass is 289 g/mol. The first-order valence-corrected chi connectivity index (χ1v) is 6.50.